The van der Waals surface area contributed by atoms with Gasteiger partial charge in [0.15, 0.2) is 0 Å². The fourth-order valence-electron chi connectivity index (χ4n) is 2.48. The van der Waals surface area contributed by atoms with Crippen LogP contribution in [0, 0.1) is 0 Å². The molecule has 5 nitrogen and oxygen atoms in total. The number of aliphatic hydroxyl groups is 1. The van der Waals surface area contributed by atoms with Crippen LogP contribution in [-0.4, -0.2) is 36.4 Å². The Bertz CT molecular complexity index is 509. The smallest absolute Gasteiger partial charge is 0.320 e. The highest BCUT2D eigenvalue weighted by Crippen LogP contribution is 2.36. The second kappa shape index (κ2) is 6.03. The monoisotopic (exact) mass is 293 g/mol. The van der Waals surface area contributed by atoms with Crippen molar-refractivity contribution >= 4 is 5.97 Å². The minimum Gasteiger partial charge on any atom is -0.493 e. The van der Waals surface area contributed by atoms with Gasteiger partial charge in [-0.05, 0) is 26.8 Å². The molecule has 1 aromatic carbocycles. The van der Waals surface area contributed by atoms with Crippen LogP contribution < -0.4 is 10.1 Å². The molecule has 5 heteroatoms. The number of carbonyl (C=O) groups is 1. The summed E-state index contributed by atoms with van der Waals surface area (Å²) in [4.78, 5) is 11.9. The first-order chi connectivity index (χ1) is 9.86. The third-order valence-corrected chi connectivity index (χ3v) is 3.45. The van der Waals surface area contributed by atoms with E-state index < -0.39 is 11.1 Å². The number of aliphatic hydroxyl groups excluding tert-OH is 1. The first-order valence-electron chi connectivity index (χ1n) is 7.16. The summed E-state index contributed by atoms with van der Waals surface area (Å²) in [6, 6.07) is 7.56. The second-order valence-electron chi connectivity index (χ2n) is 6.27. The number of benzene rings is 1. The molecular formula is C16H23NO4. The van der Waals surface area contributed by atoms with Crippen molar-refractivity contribution < 1.29 is 19.4 Å². The average molecular weight is 293 g/mol. The van der Waals surface area contributed by atoms with Gasteiger partial charge >= 0.3 is 5.97 Å². The van der Waals surface area contributed by atoms with Crippen molar-refractivity contribution in [2.24, 2.45) is 0 Å². The van der Waals surface area contributed by atoms with Crippen LogP contribution in [0.2, 0.25) is 0 Å². The summed E-state index contributed by atoms with van der Waals surface area (Å²) >= 11 is 0. The molecule has 0 radical (unpaired) electrons. The van der Waals surface area contributed by atoms with Crippen LogP contribution >= 0.6 is 0 Å². The number of rotatable bonds is 4. The van der Waals surface area contributed by atoms with E-state index in [0.29, 0.717) is 13.0 Å². The molecular weight excluding hydrogens is 270 g/mol. The molecule has 0 aromatic heterocycles. The number of esters is 1. The van der Waals surface area contributed by atoms with Crippen molar-refractivity contribution in [3.8, 4) is 5.75 Å². The van der Waals surface area contributed by atoms with Gasteiger partial charge in [-0.15, -0.1) is 0 Å². The van der Waals surface area contributed by atoms with E-state index in [-0.39, 0.29) is 19.1 Å². The number of nitrogens with one attached hydrogen (secondary N) is 1. The minimum atomic E-state index is -0.661. The maximum absolute atomic E-state index is 11.9. The summed E-state index contributed by atoms with van der Waals surface area (Å²) < 4.78 is 10.9. The van der Waals surface area contributed by atoms with Crippen LogP contribution in [0.15, 0.2) is 24.3 Å². The highest BCUT2D eigenvalue weighted by molar-refractivity contribution is 5.72. The molecule has 0 bridgehead atoms. The van der Waals surface area contributed by atoms with Gasteiger partial charge in [-0.25, -0.2) is 0 Å². The van der Waals surface area contributed by atoms with Gasteiger partial charge < -0.3 is 14.6 Å². The van der Waals surface area contributed by atoms with E-state index in [1.807, 2.05) is 45.0 Å². The van der Waals surface area contributed by atoms with Crippen molar-refractivity contribution in [3.63, 3.8) is 0 Å². The molecule has 21 heavy (non-hydrogen) atoms. The van der Waals surface area contributed by atoms with Gasteiger partial charge in [0, 0.05) is 12.0 Å². The Balaban J connectivity index is 2.11. The SMILES string of the molecule is CC(C)(C)OC(=O)CN[C@]1(CO)CCOc2ccccc21. The lowest BCUT2D eigenvalue weighted by atomic mass is 9.85. The van der Waals surface area contributed by atoms with E-state index in [1.165, 1.54) is 0 Å². The van der Waals surface area contributed by atoms with E-state index in [4.69, 9.17) is 9.47 Å². The van der Waals surface area contributed by atoms with Crippen LogP contribution in [-0.2, 0) is 15.1 Å². The number of carbonyl (C=O) groups excluding carboxylic acids is 1. The van der Waals surface area contributed by atoms with Gasteiger partial charge in [-0.3, -0.25) is 10.1 Å². The van der Waals surface area contributed by atoms with E-state index in [9.17, 15) is 9.90 Å². The summed E-state index contributed by atoms with van der Waals surface area (Å²) in [5, 5.41) is 13.0. The predicted octanol–water partition coefficient (Wildman–Crippen LogP) is 1.59. The van der Waals surface area contributed by atoms with Gasteiger partial charge in [-0.2, -0.15) is 0 Å². The largest absolute Gasteiger partial charge is 0.493 e. The maximum Gasteiger partial charge on any atom is 0.320 e. The topological polar surface area (TPSA) is 67.8 Å². The van der Waals surface area contributed by atoms with Crippen molar-refractivity contribution in [3.05, 3.63) is 29.8 Å². The number of para-hydroxylation sites is 1. The molecule has 1 aliphatic heterocycles. The van der Waals surface area contributed by atoms with Crippen LogP contribution in [0.4, 0.5) is 0 Å². The summed E-state index contributed by atoms with van der Waals surface area (Å²) in [5.74, 6) is 0.411. The Kier molecular flexibility index (Phi) is 4.54. The molecule has 1 atom stereocenters. The molecule has 0 spiro atoms. The van der Waals surface area contributed by atoms with Crippen LogP contribution in [0.5, 0.6) is 5.75 Å². The third-order valence-electron chi connectivity index (χ3n) is 3.45. The Morgan fingerprint density at radius 1 is 1.43 bits per heavy atom. The third kappa shape index (κ3) is 3.74. The van der Waals surface area contributed by atoms with Crippen molar-refractivity contribution in [1.29, 1.82) is 0 Å². The molecule has 1 aliphatic rings. The molecule has 0 amide bonds. The second-order valence-corrected chi connectivity index (χ2v) is 6.27. The van der Waals surface area contributed by atoms with Crippen LogP contribution in [0.1, 0.15) is 32.8 Å². The summed E-state index contributed by atoms with van der Waals surface area (Å²) in [7, 11) is 0. The first-order valence-corrected chi connectivity index (χ1v) is 7.16. The Labute approximate surface area is 125 Å². The lowest BCUT2D eigenvalue weighted by molar-refractivity contribution is -0.154. The number of fused-ring (bicyclic) bond motifs is 1. The Hall–Kier alpha value is -1.59. The van der Waals surface area contributed by atoms with E-state index in [2.05, 4.69) is 5.32 Å². The number of hydrogen-bond acceptors (Lipinski definition) is 5. The molecule has 0 aliphatic carbocycles. The summed E-state index contributed by atoms with van der Waals surface area (Å²) in [5.41, 5.74) is -0.299. The lowest BCUT2D eigenvalue weighted by Gasteiger charge is -2.38. The van der Waals surface area contributed by atoms with Gasteiger partial charge in [-0.1, -0.05) is 18.2 Å². The molecule has 0 saturated carbocycles. The summed E-state index contributed by atoms with van der Waals surface area (Å²) in [6.07, 6.45) is 0.601. The average Bonchev–Trinajstić information content (AvgIpc) is 2.43. The van der Waals surface area contributed by atoms with Crippen LogP contribution in [0.3, 0.4) is 0 Å². The molecule has 116 valence electrons. The van der Waals surface area contributed by atoms with Gasteiger partial charge in [0.05, 0.1) is 25.3 Å². The fourth-order valence-corrected chi connectivity index (χ4v) is 2.48. The van der Waals surface area contributed by atoms with Crippen LogP contribution in [0.25, 0.3) is 0 Å². The van der Waals surface area contributed by atoms with Gasteiger partial charge in [0.25, 0.3) is 0 Å². The van der Waals surface area contributed by atoms with Crippen molar-refractivity contribution in [1.82, 2.24) is 5.32 Å². The normalized spacial score (nSPS) is 21.3. The zero-order valence-electron chi connectivity index (χ0n) is 12.8. The molecule has 0 unspecified atom stereocenters. The first kappa shape index (κ1) is 15.8. The van der Waals surface area contributed by atoms with Gasteiger partial charge in [0.1, 0.15) is 11.4 Å². The van der Waals surface area contributed by atoms with E-state index in [0.717, 1.165) is 11.3 Å². The highest BCUT2D eigenvalue weighted by atomic mass is 16.6. The Morgan fingerprint density at radius 2 is 2.14 bits per heavy atom. The van der Waals surface area contributed by atoms with Gasteiger partial charge in [0.2, 0.25) is 0 Å². The minimum absolute atomic E-state index is 0.0478. The fraction of sp³-hybridized carbons (Fsp3) is 0.562. The zero-order valence-corrected chi connectivity index (χ0v) is 12.8. The lowest BCUT2D eigenvalue weighted by Crippen LogP contribution is -2.51. The summed E-state index contributed by atoms with van der Waals surface area (Å²) in [6.45, 7) is 5.94. The molecule has 1 aromatic rings. The maximum atomic E-state index is 11.9. The highest BCUT2D eigenvalue weighted by Gasteiger charge is 2.37. The molecule has 2 rings (SSSR count). The van der Waals surface area contributed by atoms with Crippen molar-refractivity contribution in [2.45, 2.75) is 38.3 Å². The molecule has 1 heterocycles. The Morgan fingerprint density at radius 3 is 2.81 bits per heavy atom. The number of ether oxygens (including phenoxy) is 2. The number of hydrogen-bond donors (Lipinski definition) is 2. The molecule has 0 saturated heterocycles. The zero-order chi connectivity index (χ0) is 15.5. The predicted molar refractivity (Wildman–Crippen MR) is 79.2 cm³/mol. The van der Waals surface area contributed by atoms with Crippen molar-refractivity contribution in [2.75, 3.05) is 19.8 Å². The molecule has 2 N–H and O–H groups in total. The quantitative estimate of drug-likeness (QED) is 0.825. The standard InChI is InChI=1S/C16H23NO4/c1-15(2,3)21-14(19)10-17-16(11-18)8-9-20-13-7-5-4-6-12(13)16/h4-7,17-18H,8-11H2,1-3H3/t16-/m0/s1. The van der Waals surface area contributed by atoms with E-state index in [1.54, 1.807) is 0 Å². The molecule has 0 fully saturated rings. The van der Waals surface area contributed by atoms with E-state index >= 15 is 0 Å².